The number of hydrogen-bond acceptors (Lipinski definition) is 3. The topological polar surface area (TPSA) is 35.5 Å². The van der Waals surface area contributed by atoms with Crippen LogP contribution in [-0.2, 0) is 22.5 Å². The molecule has 0 saturated carbocycles. The summed E-state index contributed by atoms with van der Waals surface area (Å²) in [5.41, 5.74) is 2.56. The Morgan fingerprint density at radius 2 is 1.51 bits per heavy atom. The van der Waals surface area contributed by atoms with E-state index in [0.29, 0.717) is 6.42 Å². The first-order valence-corrected chi connectivity index (χ1v) is 13.7. The van der Waals surface area contributed by atoms with Crippen LogP contribution in [0.15, 0.2) is 54.6 Å². The molecule has 0 amide bonds. The lowest BCUT2D eigenvalue weighted by Gasteiger charge is -2.33. The average Bonchev–Trinajstić information content (AvgIpc) is 2.84. The molecule has 4 nitrogen and oxygen atoms in total. The van der Waals surface area contributed by atoms with Crippen LogP contribution < -0.4 is 4.74 Å². The molecule has 2 atom stereocenters. The minimum Gasteiger partial charge on any atom is -0.455 e. The molecule has 2 rings (SSSR count). The number of benzene rings is 2. The molecule has 0 bridgehead atoms. The molecule has 0 N–H and O–H groups in total. The van der Waals surface area contributed by atoms with Crippen molar-refractivity contribution in [2.24, 2.45) is 5.92 Å². The van der Waals surface area contributed by atoms with Crippen LogP contribution in [0.4, 0.5) is 0 Å². The SMILES string of the molecule is CCCCCCCCc1cccc(OC(CC)OC(=O)C(CC)C[N+](C)(C)Cc2ccccc2)c1. The van der Waals surface area contributed by atoms with Crippen molar-refractivity contribution in [3.8, 4) is 5.75 Å². The van der Waals surface area contributed by atoms with E-state index in [1.165, 1.54) is 49.7 Å². The predicted octanol–water partition coefficient (Wildman–Crippen LogP) is 7.55. The van der Waals surface area contributed by atoms with Gasteiger partial charge in [-0.3, -0.25) is 4.79 Å². The predicted molar refractivity (Wildman–Crippen MR) is 145 cm³/mol. The highest BCUT2D eigenvalue weighted by atomic mass is 16.7. The van der Waals surface area contributed by atoms with Gasteiger partial charge in [0, 0.05) is 12.0 Å². The number of hydrogen-bond donors (Lipinski definition) is 0. The standard InChI is InChI=1S/C31H48NO3/c1-6-9-10-11-12-14-18-26-21-17-22-29(23-26)34-30(8-3)35-31(33)28(7-2)25-32(4,5)24-27-19-15-13-16-20-27/h13,15-17,19-23,28,30H,6-12,14,18,24-25H2,1-5H3/q+1. The van der Waals surface area contributed by atoms with E-state index in [1.54, 1.807) is 0 Å². The molecule has 194 valence electrons. The minimum atomic E-state index is -0.564. The highest BCUT2D eigenvalue weighted by molar-refractivity contribution is 5.72. The third-order valence-electron chi connectivity index (χ3n) is 6.56. The fraction of sp³-hybridized carbons (Fsp3) is 0.581. The fourth-order valence-corrected chi connectivity index (χ4v) is 4.56. The van der Waals surface area contributed by atoms with Crippen molar-refractivity contribution < 1.29 is 18.8 Å². The van der Waals surface area contributed by atoms with Crippen LogP contribution in [0.25, 0.3) is 0 Å². The molecule has 2 unspecified atom stereocenters. The van der Waals surface area contributed by atoms with Crippen molar-refractivity contribution in [1.82, 2.24) is 0 Å². The van der Waals surface area contributed by atoms with Crippen LogP contribution in [0.2, 0.25) is 0 Å². The van der Waals surface area contributed by atoms with Gasteiger partial charge in [-0.25, -0.2) is 0 Å². The lowest BCUT2D eigenvalue weighted by molar-refractivity contribution is -0.906. The molecule has 35 heavy (non-hydrogen) atoms. The molecular formula is C31H48NO3+. The molecular weight excluding hydrogens is 434 g/mol. The maximum Gasteiger partial charge on any atom is 0.317 e. The second-order valence-electron chi connectivity index (χ2n) is 10.4. The summed E-state index contributed by atoms with van der Waals surface area (Å²) < 4.78 is 12.7. The molecule has 0 heterocycles. The lowest BCUT2D eigenvalue weighted by atomic mass is 10.0. The molecule has 0 aliphatic rings. The lowest BCUT2D eigenvalue weighted by Crippen LogP contribution is -2.45. The molecule has 0 aliphatic carbocycles. The van der Waals surface area contributed by atoms with Crippen molar-refractivity contribution in [2.45, 2.75) is 91.4 Å². The van der Waals surface area contributed by atoms with Gasteiger partial charge in [0.25, 0.3) is 0 Å². The van der Waals surface area contributed by atoms with Crippen LogP contribution in [0.3, 0.4) is 0 Å². The van der Waals surface area contributed by atoms with Crippen LogP contribution in [0, 0.1) is 5.92 Å². The molecule has 2 aromatic rings. The van der Waals surface area contributed by atoms with Crippen molar-refractivity contribution in [2.75, 3.05) is 20.6 Å². The highest BCUT2D eigenvalue weighted by Gasteiger charge is 2.29. The Kier molecular flexibility index (Phi) is 12.9. The first-order valence-electron chi connectivity index (χ1n) is 13.7. The van der Waals surface area contributed by atoms with Crippen LogP contribution in [-0.4, -0.2) is 37.4 Å². The molecule has 0 spiro atoms. The molecule has 0 aliphatic heterocycles. The highest BCUT2D eigenvalue weighted by Crippen LogP contribution is 2.21. The van der Waals surface area contributed by atoms with Crippen LogP contribution >= 0.6 is 0 Å². The van der Waals surface area contributed by atoms with Crippen molar-refractivity contribution in [1.29, 1.82) is 0 Å². The number of nitrogens with zero attached hydrogens (tertiary/aromatic N) is 1. The smallest absolute Gasteiger partial charge is 0.317 e. The van der Waals surface area contributed by atoms with Gasteiger partial charge < -0.3 is 14.0 Å². The summed E-state index contributed by atoms with van der Waals surface area (Å²) >= 11 is 0. The first-order chi connectivity index (χ1) is 16.9. The van der Waals surface area contributed by atoms with E-state index >= 15 is 0 Å². The van der Waals surface area contributed by atoms with E-state index in [-0.39, 0.29) is 11.9 Å². The van der Waals surface area contributed by atoms with Crippen LogP contribution in [0.5, 0.6) is 5.75 Å². The van der Waals surface area contributed by atoms with Gasteiger partial charge >= 0.3 is 5.97 Å². The normalized spacial score (nSPS) is 13.3. The van der Waals surface area contributed by atoms with E-state index in [2.05, 4.69) is 64.3 Å². The number of aryl methyl sites for hydroxylation is 1. The Hall–Kier alpha value is -2.33. The van der Waals surface area contributed by atoms with Crippen molar-refractivity contribution in [3.05, 3.63) is 65.7 Å². The number of unbranched alkanes of at least 4 members (excludes halogenated alkanes) is 5. The summed E-state index contributed by atoms with van der Waals surface area (Å²) in [7, 11) is 4.35. The average molecular weight is 483 g/mol. The molecule has 2 aromatic carbocycles. The molecule has 0 saturated heterocycles. The van der Waals surface area contributed by atoms with Gasteiger partial charge in [-0.15, -0.1) is 0 Å². The van der Waals surface area contributed by atoms with E-state index in [1.807, 2.05) is 25.1 Å². The number of rotatable bonds is 17. The Morgan fingerprint density at radius 3 is 2.20 bits per heavy atom. The number of esters is 1. The molecule has 0 fully saturated rings. The zero-order valence-electron chi connectivity index (χ0n) is 22.8. The Morgan fingerprint density at radius 1 is 0.829 bits per heavy atom. The monoisotopic (exact) mass is 482 g/mol. The number of ether oxygens (including phenoxy) is 2. The van der Waals surface area contributed by atoms with Gasteiger partial charge in [-0.2, -0.15) is 0 Å². The van der Waals surface area contributed by atoms with Gasteiger partial charge in [0.2, 0.25) is 6.29 Å². The van der Waals surface area contributed by atoms with Crippen LogP contribution in [0.1, 0.15) is 83.3 Å². The maximum atomic E-state index is 13.1. The summed E-state index contributed by atoms with van der Waals surface area (Å²) in [4.78, 5) is 13.1. The van der Waals surface area contributed by atoms with Gasteiger partial charge in [0.05, 0.1) is 20.6 Å². The molecule has 4 heteroatoms. The van der Waals surface area contributed by atoms with Gasteiger partial charge in [-0.05, 0) is 37.0 Å². The third-order valence-corrected chi connectivity index (χ3v) is 6.56. The summed E-state index contributed by atoms with van der Waals surface area (Å²) in [6, 6.07) is 18.7. The first kappa shape index (κ1) is 28.9. The van der Waals surface area contributed by atoms with Crippen molar-refractivity contribution >= 4 is 5.97 Å². The Labute approximate surface area is 214 Å². The van der Waals surface area contributed by atoms with Crippen molar-refractivity contribution in [3.63, 3.8) is 0 Å². The number of carbonyl (C=O) groups is 1. The summed E-state index contributed by atoms with van der Waals surface area (Å²) in [6.07, 6.45) is 9.62. The fourth-order valence-electron chi connectivity index (χ4n) is 4.56. The summed E-state index contributed by atoms with van der Waals surface area (Å²) in [5, 5.41) is 0. The third kappa shape index (κ3) is 11.3. The second-order valence-corrected chi connectivity index (χ2v) is 10.4. The van der Waals surface area contributed by atoms with Gasteiger partial charge in [0.1, 0.15) is 18.2 Å². The second kappa shape index (κ2) is 15.6. The largest absolute Gasteiger partial charge is 0.455 e. The minimum absolute atomic E-state index is 0.162. The Bertz CT molecular complexity index is 849. The molecule has 0 aromatic heterocycles. The summed E-state index contributed by atoms with van der Waals surface area (Å²) in [5.74, 6) is 0.452. The van der Waals surface area contributed by atoms with E-state index in [4.69, 9.17) is 9.47 Å². The zero-order chi connectivity index (χ0) is 25.5. The number of quaternary nitrogens is 1. The van der Waals surface area contributed by atoms with E-state index in [9.17, 15) is 4.79 Å². The van der Waals surface area contributed by atoms with E-state index in [0.717, 1.165) is 36.2 Å². The summed E-state index contributed by atoms with van der Waals surface area (Å²) in [6.45, 7) is 7.91. The maximum absolute atomic E-state index is 13.1. The Balaban J connectivity index is 1.88. The van der Waals surface area contributed by atoms with Gasteiger partial charge in [-0.1, -0.05) is 95.3 Å². The van der Waals surface area contributed by atoms with E-state index < -0.39 is 6.29 Å². The number of carbonyl (C=O) groups excluding carboxylic acids is 1. The quantitative estimate of drug-likeness (QED) is 0.101. The van der Waals surface area contributed by atoms with Gasteiger partial charge in [0.15, 0.2) is 0 Å². The zero-order valence-corrected chi connectivity index (χ0v) is 22.8. The molecule has 0 radical (unpaired) electrons.